The van der Waals surface area contributed by atoms with Crippen LogP contribution in [0.2, 0.25) is 8.62 Å². The van der Waals surface area contributed by atoms with Gasteiger partial charge in [0.05, 0.1) is 0 Å². The molecule has 0 aliphatic heterocycles. The third kappa shape index (κ3) is 4.48. The Morgan fingerprint density at radius 2 is 0.929 bits per heavy atom. The Morgan fingerprint density at radius 1 is 0.571 bits per heavy atom. The summed E-state index contributed by atoms with van der Waals surface area (Å²) < 4.78 is 2.47. The van der Waals surface area contributed by atoms with Crippen LogP contribution in [-0.2, 0) is 39.6 Å². The Bertz CT molecular complexity index is 119. The van der Waals surface area contributed by atoms with Crippen LogP contribution >= 0.6 is 0 Å². The average Bonchev–Trinajstić information content (AvgIpc) is 2.21. The Morgan fingerprint density at radius 3 is 1.29 bits per heavy atom. The molecule has 0 unspecified atom stereocenters. The molecule has 0 amide bonds. The van der Waals surface area contributed by atoms with Gasteiger partial charge in [0.25, 0.3) is 0 Å². The maximum absolute atomic E-state index is 1.60. The zero-order valence-corrected chi connectivity index (χ0v) is 13.4. The summed E-state index contributed by atoms with van der Waals surface area (Å²) >= 11 is 0.572. The van der Waals surface area contributed by atoms with Crippen LogP contribution in [0.1, 0.15) is 64.2 Å². The molecule has 14 heavy (non-hydrogen) atoms. The Hall–Kier alpha value is 1.38. The van der Waals surface area contributed by atoms with Crippen molar-refractivity contribution in [1.82, 2.24) is 0 Å². The summed E-state index contributed by atoms with van der Waals surface area (Å²) in [6.07, 6.45) is 15.7. The summed E-state index contributed by atoms with van der Waals surface area (Å²) in [5.41, 5.74) is 0. The van der Waals surface area contributed by atoms with Gasteiger partial charge < -0.3 is 0 Å². The topological polar surface area (TPSA) is 0 Å². The smallest absolute Gasteiger partial charge is 0 e. The molecule has 2 rings (SSSR count). The average molecular weight is 556 g/mol. The zero-order chi connectivity index (χ0) is 8.93. The third-order valence-corrected chi connectivity index (χ3v) is 8.06. The molecule has 0 nitrogen and oxygen atoms in total. The van der Waals surface area contributed by atoms with Crippen LogP contribution in [0, 0.1) is 0 Å². The molecule has 2 aliphatic carbocycles. The van der Waals surface area contributed by atoms with E-state index >= 15 is 0 Å². The van der Waals surface area contributed by atoms with Crippen molar-refractivity contribution in [3.05, 3.63) is 0 Å². The first-order valence-corrected chi connectivity index (χ1v) is 8.62. The standard InChI is InChI=1S/2C6H11.2Pt/c2*1-2-4-6-5-3-1;;/h2*1H,2-6H2;;. The van der Waals surface area contributed by atoms with Crippen LogP contribution in [0.15, 0.2) is 0 Å². The van der Waals surface area contributed by atoms with E-state index in [1.807, 2.05) is 0 Å². The van der Waals surface area contributed by atoms with E-state index in [1.54, 1.807) is 51.4 Å². The van der Waals surface area contributed by atoms with E-state index in [1.165, 1.54) is 21.5 Å². The molecule has 0 atom stereocenters. The van der Waals surface area contributed by atoms with Crippen molar-refractivity contribution in [3.8, 4) is 0 Å². The fraction of sp³-hybridized carbons (Fsp3) is 1.00. The molecule has 0 aromatic carbocycles. The minimum Gasteiger partial charge on any atom is 0 e. The van der Waals surface area contributed by atoms with E-state index in [9.17, 15) is 0 Å². The van der Waals surface area contributed by atoms with Crippen LogP contribution in [0.5, 0.6) is 0 Å². The molecule has 90 valence electrons. The largest absolute Gasteiger partial charge is 0 e. The molecule has 0 spiro atoms. The van der Waals surface area contributed by atoms with Crippen LogP contribution in [0.25, 0.3) is 0 Å². The minimum atomic E-state index is 0. The van der Waals surface area contributed by atoms with E-state index in [2.05, 4.69) is 0 Å². The summed E-state index contributed by atoms with van der Waals surface area (Å²) in [6, 6.07) is 0. The maximum atomic E-state index is 1.60. The van der Waals surface area contributed by atoms with Crippen molar-refractivity contribution in [1.29, 1.82) is 0 Å². The summed E-state index contributed by atoms with van der Waals surface area (Å²) in [4.78, 5) is 0. The summed E-state index contributed by atoms with van der Waals surface area (Å²) in [7, 11) is 0. The molecule has 0 radical (unpaired) electrons. The second-order valence-electron chi connectivity index (χ2n) is 4.48. The number of rotatable bonds is 2. The Balaban J connectivity index is 0.000000980. The molecule has 2 aliphatic rings. The second kappa shape index (κ2) is 7.62. The molecule has 0 bridgehead atoms. The van der Waals surface area contributed by atoms with Crippen molar-refractivity contribution >= 4 is 0 Å². The van der Waals surface area contributed by atoms with Crippen LogP contribution < -0.4 is 0 Å². The molecule has 0 saturated heterocycles. The van der Waals surface area contributed by atoms with Gasteiger partial charge in [0.2, 0.25) is 0 Å². The first kappa shape index (κ1) is 13.4. The van der Waals surface area contributed by atoms with Crippen LogP contribution in [0.3, 0.4) is 0 Å². The van der Waals surface area contributed by atoms with Gasteiger partial charge in [-0.05, 0) is 0 Å². The van der Waals surface area contributed by atoms with Gasteiger partial charge in [-0.1, -0.05) is 0 Å². The predicted molar refractivity (Wildman–Crippen MR) is 53.7 cm³/mol. The number of hydrogen-bond donors (Lipinski definition) is 0. The molecule has 0 aromatic heterocycles. The maximum Gasteiger partial charge on any atom is 0 e. The quantitative estimate of drug-likeness (QED) is 0.468. The third-order valence-electron chi connectivity index (χ3n) is 3.30. The monoisotopic (exact) mass is 556 g/mol. The SMILES string of the molecule is C1CC[CH]([Pt][CH]2CCCCC2)CC1.[Pt]. The van der Waals surface area contributed by atoms with Crippen molar-refractivity contribution < 1.29 is 39.6 Å². The van der Waals surface area contributed by atoms with E-state index < -0.39 is 0 Å². The first-order chi connectivity index (χ1) is 6.45. The van der Waals surface area contributed by atoms with Crippen molar-refractivity contribution in [2.75, 3.05) is 0 Å². The molecule has 2 heteroatoms. The van der Waals surface area contributed by atoms with E-state index in [-0.39, 0.29) is 21.1 Å². The van der Waals surface area contributed by atoms with E-state index in [4.69, 9.17) is 0 Å². The van der Waals surface area contributed by atoms with Gasteiger partial charge in [0.1, 0.15) is 0 Å². The van der Waals surface area contributed by atoms with Gasteiger partial charge in [-0.15, -0.1) is 0 Å². The molecule has 0 heterocycles. The predicted octanol–water partition coefficient (Wildman–Crippen LogP) is 4.57. The summed E-state index contributed by atoms with van der Waals surface area (Å²) in [5.74, 6) is 0. The number of hydrogen-bond acceptors (Lipinski definition) is 0. The van der Waals surface area contributed by atoms with Crippen LogP contribution in [0.4, 0.5) is 0 Å². The van der Waals surface area contributed by atoms with E-state index in [0.717, 1.165) is 0 Å². The Labute approximate surface area is 112 Å². The van der Waals surface area contributed by atoms with Crippen LogP contribution in [-0.4, -0.2) is 0 Å². The van der Waals surface area contributed by atoms with Crippen molar-refractivity contribution in [2.24, 2.45) is 0 Å². The second-order valence-corrected chi connectivity index (χ2v) is 8.94. The fourth-order valence-corrected chi connectivity index (χ4v) is 7.36. The van der Waals surface area contributed by atoms with Gasteiger partial charge in [0.15, 0.2) is 0 Å². The normalized spacial score (nSPS) is 26.0. The van der Waals surface area contributed by atoms with Crippen molar-refractivity contribution in [3.63, 3.8) is 0 Å². The van der Waals surface area contributed by atoms with Gasteiger partial charge >= 0.3 is 91.4 Å². The van der Waals surface area contributed by atoms with Gasteiger partial charge in [0, 0.05) is 21.1 Å². The molecule has 0 N–H and O–H groups in total. The van der Waals surface area contributed by atoms with Crippen molar-refractivity contribution in [2.45, 2.75) is 72.8 Å². The van der Waals surface area contributed by atoms with E-state index in [0.29, 0.717) is 18.6 Å². The Kier molecular flexibility index (Phi) is 7.31. The molecule has 2 fully saturated rings. The summed E-state index contributed by atoms with van der Waals surface area (Å²) in [6.45, 7) is 0. The van der Waals surface area contributed by atoms with Gasteiger partial charge in [-0.2, -0.15) is 0 Å². The molecular formula is C12H22Pt2. The van der Waals surface area contributed by atoms with Gasteiger partial charge in [-0.25, -0.2) is 0 Å². The zero-order valence-electron chi connectivity index (χ0n) is 8.86. The molecular weight excluding hydrogens is 534 g/mol. The van der Waals surface area contributed by atoms with Gasteiger partial charge in [-0.3, -0.25) is 0 Å². The first-order valence-electron chi connectivity index (χ1n) is 6.00. The minimum absolute atomic E-state index is 0. The molecule has 2 saturated carbocycles. The summed E-state index contributed by atoms with van der Waals surface area (Å²) in [5, 5.41) is 0. The molecule has 0 aromatic rings. The fourth-order valence-electron chi connectivity index (χ4n) is 2.48.